The Morgan fingerprint density at radius 3 is 3.05 bits per heavy atom. The topological polar surface area (TPSA) is 42.0 Å². The summed E-state index contributed by atoms with van der Waals surface area (Å²) in [4.78, 5) is 16.3. The minimum atomic E-state index is 0.134. The van der Waals surface area contributed by atoms with Gasteiger partial charge in [-0.15, -0.1) is 0 Å². The molecule has 0 radical (unpaired) electrons. The zero-order chi connectivity index (χ0) is 13.2. The Morgan fingerprint density at radius 2 is 2.21 bits per heavy atom. The number of hydrogen-bond donors (Lipinski definition) is 1. The Morgan fingerprint density at radius 1 is 1.32 bits per heavy atom. The molecule has 0 unspecified atom stereocenters. The lowest BCUT2D eigenvalue weighted by Crippen LogP contribution is -2.04. The number of aromatic nitrogens is 1. The van der Waals surface area contributed by atoms with E-state index in [-0.39, 0.29) is 5.78 Å². The third kappa shape index (κ3) is 2.68. The molecular formula is C15H13BrN2O. The summed E-state index contributed by atoms with van der Waals surface area (Å²) in [5.41, 5.74) is 4.10. The molecule has 0 atom stereocenters. The molecule has 0 spiro atoms. The van der Waals surface area contributed by atoms with E-state index < -0.39 is 0 Å². The van der Waals surface area contributed by atoms with Crippen molar-refractivity contribution >= 4 is 27.4 Å². The third-order valence-electron chi connectivity index (χ3n) is 3.26. The first-order valence-corrected chi connectivity index (χ1v) is 7.01. The molecule has 0 fully saturated rings. The highest BCUT2D eigenvalue weighted by Crippen LogP contribution is 2.23. The second kappa shape index (κ2) is 5.13. The number of rotatable bonds is 3. The maximum absolute atomic E-state index is 12.3. The van der Waals surface area contributed by atoms with Crippen LogP contribution in [0, 0.1) is 0 Å². The maximum Gasteiger partial charge on any atom is 0.167 e. The fraction of sp³-hybridized carbons (Fsp3) is 0.200. The van der Waals surface area contributed by atoms with Gasteiger partial charge >= 0.3 is 0 Å². The minimum Gasteiger partial charge on any atom is -0.384 e. The van der Waals surface area contributed by atoms with Gasteiger partial charge in [0.05, 0.1) is 0 Å². The average molecular weight is 317 g/mol. The van der Waals surface area contributed by atoms with Crippen LogP contribution in [0.2, 0.25) is 0 Å². The molecule has 1 aromatic carbocycles. The predicted molar refractivity (Wildman–Crippen MR) is 78.6 cm³/mol. The van der Waals surface area contributed by atoms with Crippen LogP contribution in [0.1, 0.15) is 21.5 Å². The van der Waals surface area contributed by atoms with E-state index in [1.54, 1.807) is 12.4 Å². The molecule has 1 aliphatic heterocycles. The van der Waals surface area contributed by atoms with Crippen LogP contribution in [0.5, 0.6) is 0 Å². The van der Waals surface area contributed by atoms with Crippen molar-refractivity contribution in [3.8, 4) is 0 Å². The summed E-state index contributed by atoms with van der Waals surface area (Å²) in [6.07, 6.45) is 4.83. The molecule has 1 N–H and O–H groups in total. The van der Waals surface area contributed by atoms with Gasteiger partial charge in [-0.05, 0) is 57.7 Å². The second-order valence-corrected chi connectivity index (χ2v) is 5.58. The van der Waals surface area contributed by atoms with Crippen molar-refractivity contribution in [3.63, 3.8) is 0 Å². The molecule has 96 valence electrons. The number of Topliss-reactive ketones (excluding diaryl/α,β-unsaturated/α-hetero) is 1. The first-order valence-electron chi connectivity index (χ1n) is 6.22. The summed E-state index contributed by atoms with van der Waals surface area (Å²) in [6, 6.07) is 7.82. The summed E-state index contributed by atoms with van der Waals surface area (Å²) in [6.45, 7) is 0.961. The van der Waals surface area contributed by atoms with Crippen molar-refractivity contribution in [2.24, 2.45) is 0 Å². The zero-order valence-electron chi connectivity index (χ0n) is 10.3. The van der Waals surface area contributed by atoms with Crippen molar-refractivity contribution in [1.29, 1.82) is 0 Å². The summed E-state index contributed by atoms with van der Waals surface area (Å²) in [5.74, 6) is 0.134. The standard InChI is InChI=1S/C15H13BrN2O/c16-13-5-10(8-17-9-13)6-15(19)12-1-2-14-11(7-12)3-4-18-14/h1-2,5,7-9,18H,3-4,6H2. The van der Waals surface area contributed by atoms with Crippen LogP contribution in [0.15, 0.2) is 41.1 Å². The number of hydrogen-bond acceptors (Lipinski definition) is 3. The van der Waals surface area contributed by atoms with Crippen LogP contribution in [-0.2, 0) is 12.8 Å². The van der Waals surface area contributed by atoms with Gasteiger partial charge in [-0.25, -0.2) is 0 Å². The van der Waals surface area contributed by atoms with E-state index in [4.69, 9.17) is 0 Å². The van der Waals surface area contributed by atoms with Crippen molar-refractivity contribution in [2.75, 3.05) is 11.9 Å². The smallest absolute Gasteiger partial charge is 0.167 e. The molecule has 1 aromatic heterocycles. The molecule has 0 amide bonds. The van der Waals surface area contributed by atoms with Gasteiger partial charge in [0.25, 0.3) is 0 Å². The molecule has 3 rings (SSSR count). The molecule has 0 saturated heterocycles. The first kappa shape index (κ1) is 12.4. The van der Waals surface area contributed by atoms with Gasteiger partial charge in [0, 0.05) is 41.1 Å². The summed E-state index contributed by atoms with van der Waals surface area (Å²) < 4.78 is 0.899. The number of carbonyl (C=O) groups excluding carboxylic acids is 1. The lowest BCUT2D eigenvalue weighted by atomic mass is 10.0. The highest BCUT2D eigenvalue weighted by molar-refractivity contribution is 9.10. The van der Waals surface area contributed by atoms with Crippen molar-refractivity contribution < 1.29 is 4.79 Å². The van der Waals surface area contributed by atoms with E-state index >= 15 is 0 Å². The van der Waals surface area contributed by atoms with E-state index in [2.05, 4.69) is 26.2 Å². The fourth-order valence-electron chi connectivity index (χ4n) is 2.32. The normalized spacial score (nSPS) is 12.9. The maximum atomic E-state index is 12.3. The zero-order valence-corrected chi connectivity index (χ0v) is 11.9. The molecule has 3 nitrogen and oxygen atoms in total. The van der Waals surface area contributed by atoms with E-state index in [1.165, 1.54) is 5.56 Å². The number of anilines is 1. The van der Waals surface area contributed by atoms with E-state index in [1.807, 2.05) is 24.3 Å². The van der Waals surface area contributed by atoms with Crippen LogP contribution in [-0.4, -0.2) is 17.3 Å². The third-order valence-corrected chi connectivity index (χ3v) is 3.70. The number of nitrogens with zero attached hydrogens (tertiary/aromatic N) is 1. The molecule has 0 bridgehead atoms. The fourth-order valence-corrected chi connectivity index (χ4v) is 2.73. The van der Waals surface area contributed by atoms with Crippen molar-refractivity contribution in [3.05, 3.63) is 57.8 Å². The Kier molecular flexibility index (Phi) is 3.34. The minimum absolute atomic E-state index is 0.134. The average Bonchev–Trinajstić information content (AvgIpc) is 2.85. The van der Waals surface area contributed by atoms with Crippen LogP contribution in [0.4, 0.5) is 5.69 Å². The van der Waals surface area contributed by atoms with Crippen LogP contribution >= 0.6 is 15.9 Å². The number of benzene rings is 1. The van der Waals surface area contributed by atoms with Crippen molar-refractivity contribution in [1.82, 2.24) is 4.98 Å². The van der Waals surface area contributed by atoms with Gasteiger partial charge in [0.1, 0.15) is 0 Å². The van der Waals surface area contributed by atoms with E-state index in [0.717, 1.165) is 34.3 Å². The molecule has 2 heterocycles. The quantitative estimate of drug-likeness (QED) is 0.884. The SMILES string of the molecule is O=C(Cc1cncc(Br)c1)c1ccc2c(c1)CCN2. The lowest BCUT2D eigenvalue weighted by Gasteiger charge is -2.05. The van der Waals surface area contributed by atoms with Gasteiger partial charge in [-0.2, -0.15) is 0 Å². The van der Waals surface area contributed by atoms with Gasteiger partial charge in [-0.1, -0.05) is 0 Å². The summed E-state index contributed by atoms with van der Waals surface area (Å²) >= 11 is 3.37. The van der Waals surface area contributed by atoms with Crippen LogP contribution in [0.25, 0.3) is 0 Å². The molecule has 0 aliphatic carbocycles. The Labute approximate surface area is 120 Å². The van der Waals surface area contributed by atoms with Gasteiger partial charge < -0.3 is 5.32 Å². The molecule has 2 aromatic rings. The number of fused-ring (bicyclic) bond motifs is 1. The summed E-state index contributed by atoms with van der Waals surface area (Å²) in [7, 11) is 0. The Bertz CT molecular complexity index is 640. The van der Waals surface area contributed by atoms with E-state index in [9.17, 15) is 4.79 Å². The molecule has 4 heteroatoms. The van der Waals surface area contributed by atoms with Crippen molar-refractivity contribution in [2.45, 2.75) is 12.8 Å². The molecule has 1 aliphatic rings. The first-order chi connectivity index (χ1) is 9.22. The summed E-state index contributed by atoms with van der Waals surface area (Å²) in [5, 5.41) is 3.30. The van der Waals surface area contributed by atoms with Gasteiger partial charge in [0.2, 0.25) is 0 Å². The number of ketones is 1. The van der Waals surface area contributed by atoms with Crippen LogP contribution < -0.4 is 5.32 Å². The molecule has 19 heavy (non-hydrogen) atoms. The highest BCUT2D eigenvalue weighted by atomic mass is 79.9. The highest BCUT2D eigenvalue weighted by Gasteiger charge is 2.14. The number of pyridine rings is 1. The molecular weight excluding hydrogens is 304 g/mol. The second-order valence-electron chi connectivity index (χ2n) is 4.66. The van der Waals surface area contributed by atoms with Gasteiger partial charge in [-0.3, -0.25) is 9.78 Å². The largest absolute Gasteiger partial charge is 0.384 e. The number of nitrogens with one attached hydrogen (secondary N) is 1. The Balaban J connectivity index is 1.81. The van der Waals surface area contributed by atoms with Gasteiger partial charge in [0.15, 0.2) is 5.78 Å². The lowest BCUT2D eigenvalue weighted by molar-refractivity contribution is 0.0993. The number of halogens is 1. The van der Waals surface area contributed by atoms with E-state index in [0.29, 0.717) is 6.42 Å². The monoisotopic (exact) mass is 316 g/mol. The number of carbonyl (C=O) groups is 1. The molecule has 0 saturated carbocycles. The predicted octanol–water partition coefficient (Wildman–Crippen LogP) is 3.24. The van der Waals surface area contributed by atoms with Crippen LogP contribution in [0.3, 0.4) is 0 Å². The Hall–Kier alpha value is -1.68.